The van der Waals surface area contributed by atoms with E-state index in [9.17, 15) is 4.79 Å². The predicted octanol–water partition coefficient (Wildman–Crippen LogP) is 1.73. The summed E-state index contributed by atoms with van der Waals surface area (Å²) in [6.45, 7) is 2.02. The number of nitrogens with zero attached hydrogens (tertiary/aromatic N) is 1. The van der Waals surface area contributed by atoms with Gasteiger partial charge < -0.3 is 15.0 Å². The zero-order chi connectivity index (χ0) is 13.2. The van der Waals surface area contributed by atoms with Gasteiger partial charge in [-0.15, -0.1) is 0 Å². The minimum absolute atomic E-state index is 0.175. The molecule has 19 heavy (non-hydrogen) atoms. The van der Waals surface area contributed by atoms with Crippen LogP contribution >= 0.6 is 0 Å². The van der Waals surface area contributed by atoms with Crippen molar-refractivity contribution < 1.29 is 9.53 Å². The summed E-state index contributed by atoms with van der Waals surface area (Å²) < 4.78 is 6.14. The topological polar surface area (TPSA) is 41.6 Å². The lowest BCUT2D eigenvalue weighted by Gasteiger charge is -2.30. The number of fused-ring (bicyclic) bond motifs is 1. The Morgan fingerprint density at radius 1 is 1.26 bits per heavy atom. The molecule has 1 N–H and O–H groups in total. The van der Waals surface area contributed by atoms with Gasteiger partial charge in [-0.05, 0) is 44.0 Å². The van der Waals surface area contributed by atoms with E-state index >= 15 is 0 Å². The Balaban J connectivity index is 1.87. The summed E-state index contributed by atoms with van der Waals surface area (Å²) in [6.07, 6.45) is 3.74. The standard InChI is InChI=1S/C15H20N2O2/c1-17-14(18)6-5-11-3-2-4-13(15(11)17)19-12-7-9-16-10-8-12/h2-4,12,16H,5-10H2,1H3. The summed E-state index contributed by atoms with van der Waals surface area (Å²) in [7, 11) is 1.84. The molecule has 4 heteroatoms. The first kappa shape index (κ1) is 12.5. The van der Waals surface area contributed by atoms with E-state index < -0.39 is 0 Å². The Bertz CT molecular complexity index is 481. The summed E-state index contributed by atoms with van der Waals surface area (Å²) in [5, 5.41) is 3.33. The number of rotatable bonds is 2. The van der Waals surface area contributed by atoms with Crippen molar-refractivity contribution in [1.82, 2.24) is 5.32 Å². The van der Waals surface area contributed by atoms with Gasteiger partial charge in [0, 0.05) is 13.5 Å². The first-order valence-corrected chi connectivity index (χ1v) is 7.01. The van der Waals surface area contributed by atoms with E-state index in [0.29, 0.717) is 6.42 Å². The average Bonchev–Trinajstić information content (AvgIpc) is 2.44. The first-order chi connectivity index (χ1) is 9.25. The fraction of sp³-hybridized carbons (Fsp3) is 0.533. The van der Waals surface area contributed by atoms with Gasteiger partial charge in [-0.25, -0.2) is 0 Å². The second-order valence-corrected chi connectivity index (χ2v) is 5.28. The highest BCUT2D eigenvalue weighted by molar-refractivity contribution is 5.97. The van der Waals surface area contributed by atoms with Gasteiger partial charge in [-0.1, -0.05) is 12.1 Å². The van der Waals surface area contributed by atoms with Crippen LogP contribution in [0.25, 0.3) is 0 Å². The van der Waals surface area contributed by atoms with Crippen LogP contribution < -0.4 is 15.0 Å². The maximum Gasteiger partial charge on any atom is 0.227 e. The smallest absolute Gasteiger partial charge is 0.227 e. The van der Waals surface area contributed by atoms with E-state index in [1.807, 2.05) is 19.2 Å². The van der Waals surface area contributed by atoms with Crippen molar-refractivity contribution in [2.24, 2.45) is 0 Å². The largest absolute Gasteiger partial charge is 0.488 e. The summed E-state index contributed by atoms with van der Waals surface area (Å²) in [5.41, 5.74) is 2.19. The van der Waals surface area contributed by atoms with Gasteiger partial charge >= 0.3 is 0 Å². The van der Waals surface area contributed by atoms with Gasteiger partial charge in [-0.2, -0.15) is 0 Å². The molecule has 1 aromatic rings. The van der Waals surface area contributed by atoms with Gasteiger partial charge in [0.15, 0.2) is 0 Å². The molecule has 0 spiro atoms. The molecule has 1 saturated heterocycles. The van der Waals surface area contributed by atoms with Crippen LogP contribution in [0.5, 0.6) is 5.75 Å². The number of nitrogens with one attached hydrogen (secondary N) is 1. The maximum atomic E-state index is 11.9. The molecule has 0 unspecified atom stereocenters. The molecular formula is C15H20N2O2. The molecule has 1 fully saturated rings. The number of carbonyl (C=O) groups is 1. The molecule has 1 aromatic carbocycles. The second-order valence-electron chi connectivity index (χ2n) is 5.28. The number of hydrogen-bond acceptors (Lipinski definition) is 3. The number of benzene rings is 1. The predicted molar refractivity (Wildman–Crippen MR) is 74.7 cm³/mol. The van der Waals surface area contributed by atoms with Crippen molar-refractivity contribution in [3.05, 3.63) is 23.8 Å². The van der Waals surface area contributed by atoms with Gasteiger partial charge in [0.1, 0.15) is 11.9 Å². The van der Waals surface area contributed by atoms with Crippen molar-refractivity contribution >= 4 is 11.6 Å². The lowest BCUT2D eigenvalue weighted by Crippen LogP contribution is -2.35. The third kappa shape index (κ3) is 2.45. The number of carbonyl (C=O) groups excluding carboxylic acids is 1. The van der Waals surface area contributed by atoms with Crippen LogP contribution in [0.15, 0.2) is 18.2 Å². The number of aryl methyl sites for hydroxylation is 1. The molecule has 2 aliphatic heterocycles. The van der Waals surface area contributed by atoms with Gasteiger partial charge in [0.25, 0.3) is 0 Å². The van der Waals surface area contributed by atoms with Gasteiger partial charge in [-0.3, -0.25) is 4.79 Å². The number of para-hydroxylation sites is 1. The van der Waals surface area contributed by atoms with Crippen LogP contribution in [0, 0.1) is 0 Å². The van der Waals surface area contributed by atoms with Crippen molar-refractivity contribution in [3.8, 4) is 5.75 Å². The van der Waals surface area contributed by atoms with Crippen LogP contribution in [0.3, 0.4) is 0 Å². The van der Waals surface area contributed by atoms with Crippen LogP contribution in [0.2, 0.25) is 0 Å². The molecule has 2 aliphatic rings. The highest BCUT2D eigenvalue weighted by atomic mass is 16.5. The van der Waals surface area contributed by atoms with Crippen molar-refractivity contribution in [1.29, 1.82) is 0 Å². The van der Waals surface area contributed by atoms with E-state index in [0.717, 1.165) is 43.8 Å². The zero-order valence-corrected chi connectivity index (χ0v) is 11.3. The Kier molecular flexibility index (Phi) is 3.42. The van der Waals surface area contributed by atoms with E-state index in [1.165, 1.54) is 5.56 Å². The SMILES string of the molecule is CN1C(=O)CCc2cccc(OC3CCNCC3)c21. The van der Waals surface area contributed by atoms with Crippen LogP contribution in [0.1, 0.15) is 24.8 Å². The molecule has 1 amide bonds. The van der Waals surface area contributed by atoms with Crippen LogP contribution in [-0.2, 0) is 11.2 Å². The minimum Gasteiger partial charge on any atom is -0.488 e. The molecule has 0 saturated carbocycles. The maximum absolute atomic E-state index is 11.9. The second kappa shape index (κ2) is 5.21. The van der Waals surface area contributed by atoms with E-state index in [-0.39, 0.29) is 12.0 Å². The van der Waals surface area contributed by atoms with E-state index in [4.69, 9.17) is 4.74 Å². The van der Waals surface area contributed by atoms with Crippen LogP contribution in [-0.4, -0.2) is 32.1 Å². The molecule has 3 rings (SSSR count). The monoisotopic (exact) mass is 260 g/mol. The third-order valence-electron chi connectivity index (χ3n) is 3.98. The Labute approximate surface area is 113 Å². The summed E-state index contributed by atoms with van der Waals surface area (Å²) in [6, 6.07) is 6.10. The lowest BCUT2D eigenvalue weighted by molar-refractivity contribution is -0.118. The summed E-state index contributed by atoms with van der Waals surface area (Å²) in [5.74, 6) is 1.04. The molecule has 0 bridgehead atoms. The number of hydrogen-bond donors (Lipinski definition) is 1. The molecule has 102 valence electrons. The number of piperidine rings is 1. The van der Waals surface area contributed by atoms with Crippen molar-refractivity contribution in [2.75, 3.05) is 25.0 Å². The Morgan fingerprint density at radius 3 is 2.84 bits per heavy atom. The number of anilines is 1. The molecule has 0 atom stereocenters. The number of amides is 1. The molecule has 2 heterocycles. The zero-order valence-electron chi connectivity index (χ0n) is 11.3. The molecule has 0 aromatic heterocycles. The van der Waals surface area contributed by atoms with Gasteiger partial charge in [0.2, 0.25) is 5.91 Å². The summed E-state index contributed by atoms with van der Waals surface area (Å²) in [4.78, 5) is 13.6. The molecule has 4 nitrogen and oxygen atoms in total. The Morgan fingerprint density at radius 2 is 2.05 bits per heavy atom. The minimum atomic E-state index is 0.175. The average molecular weight is 260 g/mol. The molecular weight excluding hydrogens is 240 g/mol. The van der Waals surface area contributed by atoms with Crippen molar-refractivity contribution in [2.45, 2.75) is 31.8 Å². The highest BCUT2D eigenvalue weighted by Crippen LogP contribution is 2.36. The van der Waals surface area contributed by atoms with E-state index in [1.54, 1.807) is 4.90 Å². The normalized spacial score (nSPS) is 20.3. The third-order valence-corrected chi connectivity index (χ3v) is 3.98. The molecule has 0 aliphatic carbocycles. The highest BCUT2D eigenvalue weighted by Gasteiger charge is 2.25. The first-order valence-electron chi connectivity index (χ1n) is 7.01. The molecule has 0 radical (unpaired) electrons. The number of ether oxygens (including phenoxy) is 1. The summed E-state index contributed by atoms with van der Waals surface area (Å²) >= 11 is 0. The van der Waals surface area contributed by atoms with Crippen LogP contribution in [0.4, 0.5) is 5.69 Å². The fourth-order valence-electron chi connectivity index (χ4n) is 2.87. The lowest BCUT2D eigenvalue weighted by atomic mass is 10.0. The van der Waals surface area contributed by atoms with E-state index in [2.05, 4.69) is 11.4 Å². The Hall–Kier alpha value is -1.55. The van der Waals surface area contributed by atoms with Gasteiger partial charge in [0.05, 0.1) is 5.69 Å². The van der Waals surface area contributed by atoms with Crippen molar-refractivity contribution in [3.63, 3.8) is 0 Å². The fourth-order valence-corrected chi connectivity index (χ4v) is 2.87. The quantitative estimate of drug-likeness (QED) is 0.880.